The highest BCUT2D eigenvalue weighted by atomic mass is 16.4. The van der Waals surface area contributed by atoms with Gasteiger partial charge in [0.1, 0.15) is 12.1 Å². The van der Waals surface area contributed by atoms with Crippen LogP contribution in [0, 0.1) is 0 Å². The molecule has 0 fully saturated rings. The summed E-state index contributed by atoms with van der Waals surface area (Å²) >= 11 is 0. The number of carboxylic acids is 1. The van der Waals surface area contributed by atoms with Crippen LogP contribution in [0.3, 0.4) is 0 Å². The molecule has 47 heavy (non-hydrogen) atoms. The predicted octanol–water partition coefficient (Wildman–Crippen LogP) is 1.92. The van der Waals surface area contributed by atoms with Crippen molar-refractivity contribution in [2.75, 3.05) is 0 Å². The van der Waals surface area contributed by atoms with Crippen molar-refractivity contribution >= 4 is 45.5 Å². The first kappa shape index (κ1) is 32.9. The van der Waals surface area contributed by atoms with Gasteiger partial charge in [-0.05, 0) is 42.2 Å². The fourth-order valence-corrected chi connectivity index (χ4v) is 5.61. The maximum Gasteiger partial charge on any atom is 0.328 e. The average Bonchev–Trinajstić information content (AvgIpc) is 3.67. The second-order valence-electron chi connectivity index (χ2n) is 11.6. The molecule has 12 nitrogen and oxygen atoms in total. The third kappa shape index (κ3) is 8.04. The lowest BCUT2D eigenvalue weighted by Gasteiger charge is -2.26. The van der Waals surface area contributed by atoms with Gasteiger partial charge in [-0.25, -0.2) is 4.79 Å². The van der Waals surface area contributed by atoms with E-state index in [2.05, 4.69) is 25.9 Å². The number of aliphatic carboxylic acids is 1. The number of aliphatic hydroxyl groups is 1. The Morgan fingerprint density at radius 2 is 1.17 bits per heavy atom. The number of para-hydroxylation sites is 2. The fraction of sp³-hybridized carbons (Fsp3) is 0.257. The number of nitrogens with one attached hydrogen (secondary N) is 5. The van der Waals surface area contributed by atoms with E-state index in [-0.39, 0.29) is 19.3 Å². The summed E-state index contributed by atoms with van der Waals surface area (Å²) in [6.07, 6.45) is 2.44. The Bertz CT molecular complexity index is 1870. The van der Waals surface area contributed by atoms with E-state index in [9.17, 15) is 29.4 Å². The molecule has 3 amide bonds. The largest absolute Gasteiger partial charge is 0.480 e. The fourth-order valence-electron chi connectivity index (χ4n) is 5.61. The molecule has 0 aliphatic rings. The van der Waals surface area contributed by atoms with Gasteiger partial charge in [-0.15, -0.1) is 0 Å². The monoisotopic (exact) mass is 638 g/mol. The lowest BCUT2D eigenvalue weighted by atomic mass is 10.0. The number of aromatic nitrogens is 2. The molecule has 0 saturated carbocycles. The molecule has 5 unspecified atom stereocenters. The van der Waals surface area contributed by atoms with E-state index >= 15 is 0 Å². The summed E-state index contributed by atoms with van der Waals surface area (Å²) in [4.78, 5) is 59.0. The smallest absolute Gasteiger partial charge is 0.328 e. The van der Waals surface area contributed by atoms with E-state index < -0.39 is 54.0 Å². The van der Waals surface area contributed by atoms with Gasteiger partial charge >= 0.3 is 5.97 Å². The molecule has 5 rings (SSSR count). The number of aliphatic hydroxyl groups excluding tert-OH is 1. The number of carbonyl (C=O) groups is 4. The third-order valence-electron chi connectivity index (χ3n) is 8.15. The number of amides is 3. The highest BCUT2D eigenvalue weighted by molar-refractivity contribution is 5.95. The van der Waals surface area contributed by atoms with E-state index in [4.69, 9.17) is 5.73 Å². The number of carboxylic acid groups (broad SMARTS) is 1. The first-order valence-corrected chi connectivity index (χ1v) is 15.3. The summed E-state index contributed by atoms with van der Waals surface area (Å²) in [7, 11) is 0. The summed E-state index contributed by atoms with van der Waals surface area (Å²) in [6, 6.07) is 19.2. The summed E-state index contributed by atoms with van der Waals surface area (Å²) < 4.78 is 0. The SMILES string of the molecule is CC(O)C(NC(=O)C(Cc1c[nH]c2ccccc12)NC(=O)C(Cc1ccccc1)NC(=O)C(N)Cc1c[nH]c2ccccc12)C(=O)O. The molecule has 0 radical (unpaired) electrons. The van der Waals surface area contributed by atoms with Gasteiger partial charge in [-0.3, -0.25) is 14.4 Å². The van der Waals surface area contributed by atoms with E-state index in [0.717, 1.165) is 32.9 Å². The number of H-pyrrole nitrogens is 2. The van der Waals surface area contributed by atoms with Crippen LogP contribution in [0.25, 0.3) is 21.8 Å². The molecular formula is C35H38N6O6. The second-order valence-corrected chi connectivity index (χ2v) is 11.6. The molecule has 2 heterocycles. The van der Waals surface area contributed by atoms with Crippen LogP contribution in [0.5, 0.6) is 0 Å². The summed E-state index contributed by atoms with van der Waals surface area (Å²) in [5.41, 5.74) is 10.4. The van der Waals surface area contributed by atoms with E-state index in [1.165, 1.54) is 6.92 Å². The second kappa shape index (κ2) is 14.8. The quantitative estimate of drug-likeness (QED) is 0.0907. The highest BCUT2D eigenvalue weighted by Gasteiger charge is 2.32. The van der Waals surface area contributed by atoms with Crippen molar-refractivity contribution in [2.45, 2.75) is 56.5 Å². The Morgan fingerprint density at radius 1 is 0.681 bits per heavy atom. The third-order valence-corrected chi connectivity index (χ3v) is 8.15. The maximum absolute atomic E-state index is 13.9. The Labute approximate surface area is 270 Å². The van der Waals surface area contributed by atoms with Gasteiger partial charge in [0.25, 0.3) is 0 Å². The molecule has 0 aliphatic heterocycles. The van der Waals surface area contributed by atoms with Crippen molar-refractivity contribution in [3.05, 3.63) is 108 Å². The zero-order chi connectivity index (χ0) is 33.5. The first-order chi connectivity index (χ1) is 22.6. The standard InChI is InChI=1S/C35H38N6O6/c1-20(42)31(35(46)47)41-34(45)30(17-23-19-38-28-14-8-6-12-25(23)28)40-33(44)29(15-21-9-3-2-4-10-21)39-32(43)26(36)16-22-18-37-27-13-7-5-11-24(22)27/h2-14,18-20,26,29-31,37-38,42H,15-17,36H2,1H3,(H,39,43)(H,40,44)(H,41,45)(H,46,47). The zero-order valence-electron chi connectivity index (χ0n) is 25.8. The van der Waals surface area contributed by atoms with Crippen molar-refractivity contribution < 1.29 is 29.4 Å². The van der Waals surface area contributed by atoms with E-state index in [1.54, 1.807) is 12.4 Å². The molecule has 12 heteroatoms. The number of carbonyl (C=O) groups excluding carboxylic acids is 3. The Hall–Kier alpha value is -5.46. The van der Waals surface area contributed by atoms with E-state index in [0.29, 0.717) is 5.56 Å². The molecule has 9 N–H and O–H groups in total. The molecule has 0 saturated heterocycles. The average molecular weight is 639 g/mol. The molecule has 5 atom stereocenters. The predicted molar refractivity (Wildman–Crippen MR) is 177 cm³/mol. The summed E-state index contributed by atoms with van der Waals surface area (Å²) in [5.74, 6) is -3.45. The maximum atomic E-state index is 13.9. The molecule has 244 valence electrons. The number of rotatable bonds is 14. The lowest BCUT2D eigenvalue weighted by molar-refractivity contribution is -0.145. The molecular weight excluding hydrogens is 600 g/mol. The molecule has 0 spiro atoms. The van der Waals surface area contributed by atoms with Crippen LogP contribution in [0.1, 0.15) is 23.6 Å². The number of aromatic amines is 2. The normalized spacial score (nSPS) is 14.5. The molecule has 0 bridgehead atoms. The number of hydrogen-bond acceptors (Lipinski definition) is 6. The number of nitrogens with two attached hydrogens (primary N) is 1. The van der Waals surface area contributed by atoms with Crippen LogP contribution in [-0.4, -0.2) is 74.1 Å². The summed E-state index contributed by atoms with van der Waals surface area (Å²) in [6.45, 7) is 1.25. The molecule has 3 aromatic carbocycles. The highest BCUT2D eigenvalue weighted by Crippen LogP contribution is 2.20. The minimum Gasteiger partial charge on any atom is -0.480 e. The van der Waals surface area contributed by atoms with Crippen LogP contribution in [-0.2, 0) is 38.4 Å². The van der Waals surface area contributed by atoms with Crippen LogP contribution in [0.2, 0.25) is 0 Å². The lowest BCUT2D eigenvalue weighted by Crippen LogP contribution is -2.59. The van der Waals surface area contributed by atoms with Gasteiger partial charge in [0.05, 0.1) is 12.1 Å². The molecule has 0 aliphatic carbocycles. The first-order valence-electron chi connectivity index (χ1n) is 15.3. The van der Waals surface area contributed by atoms with Crippen LogP contribution < -0.4 is 21.7 Å². The van der Waals surface area contributed by atoms with E-state index in [1.807, 2.05) is 78.9 Å². The van der Waals surface area contributed by atoms with Gasteiger partial charge in [-0.2, -0.15) is 0 Å². The number of benzene rings is 3. The Morgan fingerprint density at radius 3 is 1.74 bits per heavy atom. The van der Waals surface area contributed by atoms with Crippen molar-refractivity contribution in [3.8, 4) is 0 Å². The Balaban J connectivity index is 1.38. The zero-order valence-corrected chi connectivity index (χ0v) is 25.8. The minimum absolute atomic E-state index is 0.000182. The van der Waals surface area contributed by atoms with Gasteiger partial charge in [0.15, 0.2) is 6.04 Å². The van der Waals surface area contributed by atoms with Crippen molar-refractivity contribution in [1.82, 2.24) is 25.9 Å². The van der Waals surface area contributed by atoms with Crippen LogP contribution in [0.4, 0.5) is 0 Å². The van der Waals surface area contributed by atoms with Gasteiger partial charge in [-0.1, -0.05) is 66.7 Å². The number of fused-ring (bicyclic) bond motifs is 2. The summed E-state index contributed by atoms with van der Waals surface area (Å²) in [5, 5.41) is 29.2. The molecule has 2 aromatic heterocycles. The Kier molecular flexibility index (Phi) is 10.3. The van der Waals surface area contributed by atoms with Gasteiger partial charge < -0.3 is 41.9 Å². The van der Waals surface area contributed by atoms with Gasteiger partial charge in [0, 0.05) is 47.0 Å². The van der Waals surface area contributed by atoms with Crippen molar-refractivity contribution in [1.29, 1.82) is 0 Å². The number of hydrogen-bond donors (Lipinski definition) is 8. The van der Waals surface area contributed by atoms with Crippen molar-refractivity contribution in [2.24, 2.45) is 5.73 Å². The van der Waals surface area contributed by atoms with Crippen molar-refractivity contribution in [3.63, 3.8) is 0 Å². The topological polar surface area (TPSA) is 202 Å². The van der Waals surface area contributed by atoms with Crippen LogP contribution in [0.15, 0.2) is 91.3 Å². The van der Waals surface area contributed by atoms with Crippen LogP contribution >= 0.6 is 0 Å². The van der Waals surface area contributed by atoms with Gasteiger partial charge in [0.2, 0.25) is 17.7 Å². The minimum atomic E-state index is -1.60. The molecule has 5 aromatic rings.